The molecule has 0 bridgehead atoms. The van der Waals surface area contributed by atoms with Gasteiger partial charge in [0.15, 0.2) is 0 Å². The van der Waals surface area contributed by atoms with Crippen LogP contribution in [-0.4, -0.2) is 53.6 Å². The van der Waals surface area contributed by atoms with Gasteiger partial charge in [0.05, 0.1) is 31.5 Å². The molecule has 6 heteroatoms. The zero-order chi connectivity index (χ0) is 20.2. The molecule has 156 valence electrons. The fraction of sp³-hybridized carbons (Fsp3) is 0.565. The molecule has 0 N–H and O–H groups in total. The van der Waals surface area contributed by atoms with Gasteiger partial charge < -0.3 is 14.4 Å². The first-order valence-corrected chi connectivity index (χ1v) is 10.7. The van der Waals surface area contributed by atoms with Gasteiger partial charge in [-0.15, -0.1) is 0 Å². The van der Waals surface area contributed by atoms with Crippen molar-refractivity contribution in [2.24, 2.45) is 5.92 Å². The van der Waals surface area contributed by atoms with Gasteiger partial charge in [0.2, 0.25) is 5.91 Å². The summed E-state index contributed by atoms with van der Waals surface area (Å²) in [6, 6.07) is 10.3. The summed E-state index contributed by atoms with van der Waals surface area (Å²) in [4.78, 5) is 15.2. The number of nitrogens with zero attached hydrogens (tertiary/aromatic N) is 3. The predicted molar refractivity (Wildman–Crippen MR) is 111 cm³/mol. The summed E-state index contributed by atoms with van der Waals surface area (Å²) in [6.45, 7) is 8.22. The highest BCUT2D eigenvalue weighted by Gasteiger charge is 2.33. The Bertz CT molecular complexity index is 827. The Labute approximate surface area is 172 Å². The predicted octanol–water partition coefficient (Wildman–Crippen LogP) is 3.26. The lowest BCUT2D eigenvalue weighted by atomic mass is 9.94. The van der Waals surface area contributed by atoms with E-state index in [1.54, 1.807) is 0 Å². The van der Waals surface area contributed by atoms with Gasteiger partial charge in [-0.3, -0.25) is 9.48 Å². The summed E-state index contributed by atoms with van der Waals surface area (Å²) in [5.41, 5.74) is 4.46. The summed E-state index contributed by atoms with van der Waals surface area (Å²) in [7, 11) is 0. The maximum Gasteiger partial charge on any atom is 0.223 e. The number of hydrogen-bond acceptors (Lipinski definition) is 4. The molecule has 1 atom stereocenters. The van der Waals surface area contributed by atoms with Gasteiger partial charge in [-0.2, -0.15) is 5.10 Å². The maximum atomic E-state index is 13.2. The van der Waals surface area contributed by atoms with Crippen molar-refractivity contribution in [3.63, 3.8) is 0 Å². The Kier molecular flexibility index (Phi) is 6.31. The number of aryl methyl sites for hydroxylation is 1. The average Bonchev–Trinajstić information content (AvgIpc) is 3.02. The first kappa shape index (κ1) is 20.1. The Morgan fingerprint density at radius 3 is 2.62 bits per heavy atom. The molecule has 2 aromatic rings. The summed E-state index contributed by atoms with van der Waals surface area (Å²) >= 11 is 0. The Morgan fingerprint density at radius 2 is 1.86 bits per heavy atom. The molecule has 2 fully saturated rings. The minimum atomic E-state index is -0.0550. The third-order valence-corrected chi connectivity index (χ3v) is 6.20. The van der Waals surface area contributed by atoms with E-state index in [-0.39, 0.29) is 11.9 Å². The van der Waals surface area contributed by atoms with Crippen molar-refractivity contribution >= 4 is 5.91 Å². The van der Waals surface area contributed by atoms with Crippen LogP contribution in [0.3, 0.4) is 0 Å². The van der Waals surface area contributed by atoms with Gasteiger partial charge in [0.1, 0.15) is 0 Å². The summed E-state index contributed by atoms with van der Waals surface area (Å²) in [5.74, 6) is 0.669. The first-order valence-electron chi connectivity index (χ1n) is 10.7. The van der Waals surface area contributed by atoms with Gasteiger partial charge in [-0.25, -0.2) is 0 Å². The maximum absolute atomic E-state index is 13.2. The van der Waals surface area contributed by atoms with Crippen LogP contribution in [0.1, 0.15) is 47.8 Å². The number of rotatable bonds is 5. The number of morpholine rings is 1. The van der Waals surface area contributed by atoms with Crippen LogP contribution in [0.4, 0.5) is 0 Å². The number of carbonyl (C=O) groups excluding carboxylic acids is 1. The molecule has 0 saturated carbocycles. The molecule has 0 spiro atoms. The second kappa shape index (κ2) is 9.09. The van der Waals surface area contributed by atoms with Crippen LogP contribution in [-0.2, 0) is 20.8 Å². The number of amides is 1. The van der Waals surface area contributed by atoms with E-state index in [1.807, 2.05) is 30.0 Å². The lowest BCUT2D eigenvalue weighted by Crippen LogP contribution is -2.44. The van der Waals surface area contributed by atoms with Crippen LogP contribution in [0, 0.1) is 19.8 Å². The largest absolute Gasteiger partial charge is 0.381 e. The highest BCUT2D eigenvalue weighted by atomic mass is 16.5. The van der Waals surface area contributed by atoms with Crippen LogP contribution in [0.5, 0.6) is 0 Å². The number of ether oxygens (including phenoxy) is 2. The van der Waals surface area contributed by atoms with E-state index in [2.05, 4.69) is 23.7 Å². The van der Waals surface area contributed by atoms with E-state index in [0.717, 1.165) is 49.6 Å². The van der Waals surface area contributed by atoms with Crippen molar-refractivity contribution in [3.8, 4) is 0 Å². The molecule has 4 rings (SSSR count). The Morgan fingerprint density at radius 1 is 1.10 bits per heavy atom. The molecular weight excluding hydrogens is 366 g/mol. The first-order chi connectivity index (χ1) is 14.1. The normalized spacial score (nSPS) is 20.8. The standard InChI is InChI=1S/C23H31N3O3/c1-17-23(18(2)26(24-17)15-20-6-4-3-5-7-20)21-16-29-13-10-25(21)22(27)14-19-8-11-28-12-9-19/h3-7,19,21H,8-16H2,1-2H3/t21-/m1/s1. The van der Waals surface area contributed by atoms with E-state index in [0.29, 0.717) is 32.1 Å². The van der Waals surface area contributed by atoms with Crippen molar-refractivity contribution in [2.45, 2.75) is 45.7 Å². The van der Waals surface area contributed by atoms with Crippen molar-refractivity contribution in [2.75, 3.05) is 33.0 Å². The number of benzene rings is 1. The Balaban J connectivity index is 1.54. The van der Waals surface area contributed by atoms with Crippen molar-refractivity contribution < 1.29 is 14.3 Å². The molecule has 6 nitrogen and oxygen atoms in total. The molecule has 2 aliphatic heterocycles. The monoisotopic (exact) mass is 397 g/mol. The summed E-state index contributed by atoms with van der Waals surface area (Å²) in [6.07, 6.45) is 2.57. The lowest BCUT2D eigenvalue weighted by Gasteiger charge is -2.37. The Hall–Kier alpha value is -2.18. The minimum Gasteiger partial charge on any atom is -0.381 e. The smallest absolute Gasteiger partial charge is 0.223 e. The molecular formula is C23H31N3O3. The summed E-state index contributed by atoms with van der Waals surface area (Å²) < 4.78 is 13.3. The second-order valence-corrected chi connectivity index (χ2v) is 8.17. The van der Waals surface area contributed by atoms with E-state index >= 15 is 0 Å². The number of hydrogen-bond donors (Lipinski definition) is 0. The number of carbonyl (C=O) groups is 1. The van der Waals surface area contributed by atoms with Crippen LogP contribution in [0.15, 0.2) is 30.3 Å². The van der Waals surface area contributed by atoms with Crippen LogP contribution < -0.4 is 0 Å². The average molecular weight is 398 g/mol. The van der Waals surface area contributed by atoms with E-state index in [1.165, 1.54) is 5.56 Å². The highest BCUT2D eigenvalue weighted by Crippen LogP contribution is 2.31. The zero-order valence-electron chi connectivity index (χ0n) is 17.5. The van der Waals surface area contributed by atoms with Gasteiger partial charge in [0, 0.05) is 37.4 Å². The van der Waals surface area contributed by atoms with Crippen LogP contribution in [0.2, 0.25) is 0 Å². The topological polar surface area (TPSA) is 56.6 Å². The minimum absolute atomic E-state index is 0.0550. The van der Waals surface area contributed by atoms with Crippen molar-refractivity contribution in [1.29, 1.82) is 0 Å². The fourth-order valence-corrected chi connectivity index (χ4v) is 4.56. The molecule has 1 aromatic carbocycles. The van der Waals surface area contributed by atoms with Gasteiger partial charge in [-0.05, 0) is 38.2 Å². The molecule has 0 aliphatic carbocycles. The third-order valence-electron chi connectivity index (χ3n) is 6.20. The fourth-order valence-electron chi connectivity index (χ4n) is 4.56. The van der Waals surface area contributed by atoms with E-state index < -0.39 is 0 Å². The third kappa shape index (κ3) is 4.54. The summed E-state index contributed by atoms with van der Waals surface area (Å²) in [5, 5.41) is 4.80. The molecule has 0 unspecified atom stereocenters. The molecule has 1 aromatic heterocycles. The molecule has 2 aliphatic rings. The number of aromatic nitrogens is 2. The molecule has 0 radical (unpaired) electrons. The van der Waals surface area contributed by atoms with Gasteiger partial charge >= 0.3 is 0 Å². The van der Waals surface area contributed by atoms with Crippen molar-refractivity contribution in [3.05, 3.63) is 52.8 Å². The van der Waals surface area contributed by atoms with E-state index in [4.69, 9.17) is 14.6 Å². The van der Waals surface area contributed by atoms with Crippen molar-refractivity contribution in [1.82, 2.24) is 14.7 Å². The zero-order valence-corrected chi connectivity index (χ0v) is 17.5. The molecule has 1 amide bonds. The lowest BCUT2D eigenvalue weighted by molar-refractivity contribution is -0.142. The quantitative estimate of drug-likeness (QED) is 0.777. The highest BCUT2D eigenvalue weighted by molar-refractivity contribution is 5.77. The van der Waals surface area contributed by atoms with Crippen LogP contribution >= 0.6 is 0 Å². The molecule has 2 saturated heterocycles. The van der Waals surface area contributed by atoms with Gasteiger partial charge in [0.25, 0.3) is 0 Å². The molecule has 29 heavy (non-hydrogen) atoms. The molecule has 3 heterocycles. The van der Waals surface area contributed by atoms with Crippen LogP contribution in [0.25, 0.3) is 0 Å². The van der Waals surface area contributed by atoms with Gasteiger partial charge in [-0.1, -0.05) is 30.3 Å². The second-order valence-electron chi connectivity index (χ2n) is 8.17. The van der Waals surface area contributed by atoms with E-state index in [9.17, 15) is 4.79 Å². The SMILES string of the molecule is Cc1nn(Cc2ccccc2)c(C)c1[C@H]1COCCN1C(=O)CC1CCOCC1.